The van der Waals surface area contributed by atoms with Gasteiger partial charge in [0, 0.05) is 18.7 Å². The summed E-state index contributed by atoms with van der Waals surface area (Å²) < 4.78 is 53.6. The van der Waals surface area contributed by atoms with Gasteiger partial charge in [0.15, 0.2) is 5.69 Å². The van der Waals surface area contributed by atoms with Crippen LogP contribution in [0.1, 0.15) is 42.9 Å². The Bertz CT molecular complexity index is 1370. The summed E-state index contributed by atoms with van der Waals surface area (Å²) in [6.45, 7) is 8.98. The lowest BCUT2D eigenvalue weighted by atomic mass is 9.78. The highest BCUT2D eigenvalue weighted by Gasteiger charge is 2.61. The third kappa shape index (κ3) is 3.58. The van der Waals surface area contributed by atoms with Crippen LogP contribution in [0.15, 0.2) is 36.5 Å². The summed E-state index contributed by atoms with van der Waals surface area (Å²) in [4.78, 5) is 7.01. The molecule has 11 heteroatoms. The summed E-state index contributed by atoms with van der Waals surface area (Å²) in [7, 11) is 0. The first-order valence-electron chi connectivity index (χ1n) is 10.7. The third-order valence-corrected chi connectivity index (χ3v) is 6.88. The molecule has 7 nitrogen and oxygen atoms in total. The highest BCUT2D eigenvalue weighted by molar-refractivity contribution is 6.30. The molecule has 4 heterocycles. The highest BCUT2D eigenvalue weighted by Crippen LogP contribution is 2.65. The number of aromatic hydroxyl groups is 2. The van der Waals surface area contributed by atoms with Gasteiger partial charge in [-0.25, -0.2) is 9.83 Å². The van der Waals surface area contributed by atoms with Crippen molar-refractivity contribution in [2.75, 3.05) is 6.61 Å². The minimum Gasteiger partial charge on any atom is -0.494 e. The molecule has 2 N–H and O–H groups in total. The molecular formula is C24H19ClF3N3O4. The fourth-order valence-corrected chi connectivity index (χ4v) is 5.22. The van der Waals surface area contributed by atoms with Crippen LogP contribution in [0.4, 0.5) is 18.9 Å². The van der Waals surface area contributed by atoms with Crippen LogP contribution in [-0.4, -0.2) is 26.4 Å². The number of hydrogen-bond donors (Lipinski definition) is 2. The van der Waals surface area contributed by atoms with Crippen molar-refractivity contribution in [2.45, 2.75) is 43.6 Å². The SMILES string of the molecule is [C-]#[N+]c1ccc(-n2c(O)c3c(c2O)C2(CCOc4ccc(Cl)cn4)CCC3(C)O2)cc1C(F)(F)F. The molecule has 182 valence electrons. The molecule has 5 rings (SSSR count). The van der Waals surface area contributed by atoms with Crippen molar-refractivity contribution in [3.05, 3.63) is 69.7 Å². The fourth-order valence-electron chi connectivity index (χ4n) is 5.11. The maximum Gasteiger partial charge on any atom is 0.407 e. The van der Waals surface area contributed by atoms with Gasteiger partial charge in [-0.15, -0.1) is 0 Å². The van der Waals surface area contributed by atoms with E-state index in [-0.39, 0.29) is 12.3 Å². The van der Waals surface area contributed by atoms with E-state index in [2.05, 4.69) is 9.83 Å². The number of pyridine rings is 1. The second kappa shape index (κ2) is 7.80. The Kier molecular flexibility index (Phi) is 5.20. The number of rotatable bonds is 5. The van der Waals surface area contributed by atoms with Gasteiger partial charge in [-0.3, -0.25) is 4.57 Å². The molecule has 1 fully saturated rings. The van der Waals surface area contributed by atoms with Crippen LogP contribution in [0.5, 0.6) is 17.6 Å². The molecule has 1 aromatic carbocycles. The molecule has 2 atom stereocenters. The minimum absolute atomic E-state index is 0.117. The van der Waals surface area contributed by atoms with Crippen molar-refractivity contribution in [3.8, 4) is 23.3 Å². The van der Waals surface area contributed by atoms with Crippen LogP contribution >= 0.6 is 11.6 Å². The standard InChI is InChI=1S/C24H19ClF3N3O4/c1-22-7-8-23(35-22,9-10-34-17-6-3-13(25)12-30-17)19-18(22)20(32)31(21(19)33)14-4-5-16(29-2)15(11-14)24(26,27)28/h3-6,11-12,32-33H,7-10H2,1H3. The zero-order valence-electron chi connectivity index (χ0n) is 18.4. The molecule has 2 unspecified atom stereocenters. The van der Waals surface area contributed by atoms with E-state index in [1.54, 1.807) is 19.1 Å². The van der Waals surface area contributed by atoms with E-state index in [4.69, 9.17) is 27.6 Å². The fraction of sp³-hybridized carbons (Fsp3) is 0.333. The monoisotopic (exact) mass is 505 g/mol. The van der Waals surface area contributed by atoms with Crippen molar-refractivity contribution < 1.29 is 32.9 Å². The first-order valence-corrected chi connectivity index (χ1v) is 11.1. The van der Waals surface area contributed by atoms with E-state index in [0.29, 0.717) is 41.3 Å². The molecule has 2 aliphatic rings. The average Bonchev–Trinajstić information content (AvgIpc) is 3.38. The molecule has 35 heavy (non-hydrogen) atoms. The molecule has 0 aliphatic carbocycles. The first kappa shape index (κ1) is 23.3. The van der Waals surface area contributed by atoms with E-state index >= 15 is 0 Å². The van der Waals surface area contributed by atoms with Crippen molar-refractivity contribution in [2.24, 2.45) is 0 Å². The lowest BCUT2D eigenvalue weighted by Gasteiger charge is -2.26. The van der Waals surface area contributed by atoms with Gasteiger partial charge >= 0.3 is 6.18 Å². The first-order chi connectivity index (χ1) is 16.5. The lowest BCUT2D eigenvalue weighted by Crippen LogP contribution is -2.25. The van der Waals surface area contributed by atoms with E-state index in [9.17, 15) is 23.4 Å². The number of ether oxygens (including phenoxy) is 2. The van der Waals surface area contributed by atoms with Crippen LogP contribution < -0.4 is 4.74 Å². The number of halogens is 4. The molecule has 3 aromatic rings. The maximum atomic E-state index is 13.5. The van der Waals surface area contributed by atoms with Crippen LogP contribution in [-0.2, 0) is 22.1 Å². The maximum absolute atomic E-state index is 13.5. The summed E-state index contributed by atoms with van der Waals surface area (Å²) in [5.41, 5.74) is -3.08. The van der Waals surface area contributed by atoms with Gasteiger partial charge in [-0.1, -0.05) is 17.7 Å². The predicted molar refractivity (Wildman–Crippen MR) is 119 cm³/mol. The second-order valence-electron chi connectivity index (χ2n) is 8.78. The zero-order chi connectivity index (χ0) is 25.2. The van der Waals surface area contributed by atoms with Gasteiger partial charge in [-0.2, -0.15) is 13.2 Å². The zero-order valence-corrected chi connectivity index (χ0v) is 19.1. The quantitative estimate of drug-likeness (QED) is 0.403. The Labute approximate surface area is 203 Å². The topological polar surface area (TPSA) is 81.1 Å². The molecular weight excluding hydrogens is 487 g/mol. The minimum atomic E-state index is -4.78. The molecule has 2 bridgehead atoms. The van der Waals surface area contributed by atoms with Crippen molar-refractivity contribution in [1.29, 1.82) is 0 Å². The second-order valence-corrected chi connectivity index (χ2v) is 9.22. The molecule has 2 aromatic heterocycles. The van der Waals surface area contributed by atoms with Gasteiger partial charge in [0.05, 0.1) is 46.2 Å². The molecule has 0 saturated carbocycles. The summed E-state index contributed by atoms with van der Waals surface area (Å²) in [5.74, 6) is -0.450. The third-order valence-electron chi connectivity index (χ3n) is 6.65. The molecule has 0 spiro atoms. The van der Waals surface area contributed by atoms with Crippen LogP contribution in [0.2, 0.25) is 5.02 Å². The van der Waals surface area contributed by atoms with Gasteiger partial charge in [0.2, 0.25) is 17.6 Å². The van der Waals surface area contributed by atoms with Gasteiger partial charge in [0.1, 0.15) is 5.60 Å². The number of alkyl halides is 3. The molecule has 0 radical (unpaired) electrons. The Morgan fingerprint density at radius 3 is 2.60 bits per heavy atom. The van der Waals surface area contributed by atoms with Crippen molar-refractivity contribution in [1.82, 2.24) is 9.55 Å². The molecule has 1 saturated heterocycles. The number of aromatic nitrogens is 2. The van der Waals surface area contributed by atoms with Gasteiger partial charge in [-0.05, 0) is 38.0 Å². The van der Waals surface area contributed by atoms with Crippen LogP contribution in [0.25, 0.3) is 10.5 Å². The normalized spacial score (nSPS) is 22.7. The smallest absolute Gasteiger partial charge is 0.407 e. The lowest BCUT2D eigenvalue weighted by molar-refractivity contribution is -0.136. The number of benzene rings is 1. The predicted octanol–water partition coefficient (Wildman–Crippen LogP) is 6.21. The van der Waals surface area contributed by atoms with Crippen molar-refractivity contribution >= 4 is 17.3 Å². The summed E-state index contributed by atoms with van der Waals surface area (Å²) in [5, 5.41) is 22.7. The molecule has 2 aliphatic heterocycles. The molecule has 0 amide bonds. The van der Waals surface area contributed by atoms with E-state index in [0.717, 1.165) is 16.7 Å². The van der Waals surface area contributed by atoms with Crippen LogP contribution in [0, 0.1) is 6.57 Å². The van der Waals surface area contributed by atoms with E-state index in [1.807, 2.05) is 0 Å². The Hall–Kier alpha value is -3.42. The highest BCUT2D eigenvalue weighted by atomic mass is 35.5. The van der Waals surface area contributed by atoms with Crippen LogP contribution in [0.3, 0.4) is 0 Å². The Morgan fingerprint density at radius 2 is 1.94 bits per heavy atom. The summed E-state index contributed by atoms with van der Waals surface area (Å²) in [6.07, 6.45) is -1.96. The van der Waals surface area contributed by atoms with Gasteiger partial charge < -0.3 is 19.7 Å². The summed E-state index contributed by atoms with van der Waals surface area (Å²) >= 11 is 5.84. The number of nitrogens with zero attached hydrogens (tertiary/aromatic N) is 3. The number of hydrogen-bond acceptors (Lipinski definition) is 5. The van der Waals surface area contributed by atoms with Gasteiger partial charge in [0.25, 0.3) is 0 Å². The Balaban J connectivity index is 1.53. The number of fused-ring (bicyclic) bond motifs is 5. The van der Waals surface area contributed by atoms with E-state index < -0.39 is 40.4 Å². The van der Waals surface area contributed by atoms with E-state index in [1.165, 1.54) is 12.3 Å². The Morgan fingerprint density at radius 1 is 1.20 bits per heavy atom. The average molecular weight is 506 g/mol. The summed E-state index contributed by atoms with van der Waals surface area (Å²) in [6, 6.07) is 6.27. The largest absolute Gasteiger partial charge is 0.494 e. The van der Waals surface area contributed by atoms with Crippen molar-refractivity contribution in [3.63, 3.8) is 0 Å².